The van der Waals surface area contributed by atoms with Crippen LogP contribution in [0.2, 0.25) is 0 Å². The van der Waals surface area contributed by atoms with Gasteiger partial charge >= 0.3 is 12.0 Å². The van der Waals surface area contributed by atoms with Crippen LogP contribution in [0.5, 0.6) is 0 Å². The normalized spacial score (nSPS) is 11.9. The fraction of sp³-hybridized carbons (Fsp3) is 0.615. The van der Waals surface area contributed by atoms with E-state index >= 15 is 0 Å². The molecule has 0 aliphatic heterocycles. The molecule has 0 aromatic carbocycles. The number of rotatable bonds is 7. The molecule has 0 fully saturated rings. The number of hydrogen-bond acceptors (Lipinski definition) is 4. The molecule has 0 spiro atoms. The van der Waals surface area contributed by atoms with Gasteiger partial charge in [0.25, 0.3) is 0 Å². The lowest BCUT2D eigenvalue weighted by molar-refractivity contribution is -0.138. The molecule has 1 aromatic heterocycles. The summed E-state index contributed by atoms with van der Waals surface area (Å²) in [5.41, 5.74) is 0.975. The number of carboxylic acids is 1. The largest absolute Gasteiger partial charge is 0.480 e. The fourth-order valence-corrected chi connectivity index (χ4v) is 2.47. The number of amides is 2. The smallest absolute Gasteiger partial charge is 0.323 e. The highest BCUT2D eigenvalue weighted by Gasteiger charge is 2.21. The molecule has 0 saturated carbocycles. The lowest BCUT2D eigenvalue weighted by Crippen LogP contribution is -2.47. The maximum absolute atomic E-state index is 12.0. The molecule has 0 saturated heterocycles. The number of hydrogen-bond donors (Lipinski definition) is 2. The van der Waals surface area contributed by atoms with Gasteiger partial charge in [-0.1, -0.05) is 6.92 Å². The Hall–Kier alpha value is -1.63. The van der Waals surface area contributed by atoms with Gasteiger partial charge in [-0.25, -0.2) is 9.78 Å². The van der Waals surface area contributed by atoms with Crippen molar-refractivity contribution in [1.82, 2.24) is 15.2 Å². The van der Waals surface area contributed by atoms with Gasteiger partial charge in [0, 0.05) is 30.1 Å². The Morgan fingerprint density at radius 1 is 1.55 bits per heavy atom. The number of aryl methyl sites for hydroxylation is 1. The van der Waals surface area contributed by atoms with E-state index in [0.29, 0.717) is 19.4 Å². The van der Waals surface area contributed by atoms with Crippen LogP contribution in [0, 0.1) is 6.92 Å². The minimum atomic E-state index is -1.00. The van der Waals surface area contributed by atoms with Gasteiger partial charge in [-0.05, 0) is 20.3 Å². The lowest BCUT2D eigenvalue weighted by atomic mass is 10.2. The van der Waals surface area contributed by atoms with Crippen molar-refractivity contribution >= 4 is 23.3 Å². The van der Waals surface area contributed by atoms with E-state index in [9.17, 15) is 9.59 Å². The summed E-state index contributed by atoms with van der Waals surface area (Å²) in [6.07, 6.45) is 1.37. The van der Waals surface area contributed by atoms with Crippen LogP contribution in [0.15, 0.2) is 5.38 Å². The number of carbonyl (C=O) groups is 2. The maximum Gasteiger partial charge on any atom is 0.323 e. The Balaban J connectivity index is 2.47. The van der Waals surface area contributed by atoms with E-state index in [2.05, 4.69) is 10.3 Å². The molecule has 1 unspecified atom stereocenters. The molecule has 0 aliphatic rings. The van der Waals surface area contributed by atoms with Crippen LogP contribution in [0.3, 0.4) is 0 Å². The number of urea groups is 1. The summed E-state index contributed by atoms with van der Waals surface area (Å²) in [6, 6.07) is -0.441. The molecule has 0 aliphatic carbocycles. The molecule has 20 heavy (non-hydrogen) atoms. The highest BCUT2D eigenvalue weighted by atomic mass is 32.1. The van der Waals surface area contributed by atoms with Crippen LogP contribution in [0.1, 0.15) is 31.0 Å². The quantitative estimate of drug-likeness (QED) is 0.805. The Bertz CT molecular complexity index is 461. The Kier molecular flexibility index (Phi) is 6.44. The predicted molar refractivity (Wildman–Crippen MR) is 78.0 cm³/mol. The lowest BCUT2D eigenvalue weighted by Gasteiger charge is -2.27. The summed E-state index contributed by atoms with van der Waals surface area (Å²) < 4.78 is 0. The molecule has 0 bridgehead atoms. The van der Waals surface area contributed by atoms with Gasteiger partial charge in [-0.3, -0.25) is 4.79 Å². The molecule has 6 nitrogen and oxygen atoms in total. The molecule has 0 radical (unpaired) electrons. The van der Waals surface area contributed by atoms with Crippen molar-refractivity contribution in [2.75, 3.05) is 13.1 Å². The summed E-state index contributed by atoms with van der Waals surface area (Å²) >= 11 is 1.56. The van der Waals surface area contributed by atoms with Gasteiger partial charge < -0.3 is 15.3 Å². The molecular weight excluding hydrogens is 278 g/mol. The summed E-state index contributed by atoms with van der Waals surface area (Å²) in [4.78, 5) is 28.5. The summed E-state index contributed by atoms with van der Waals surface area (Å²) in [5, 5.41) is 14.5. The highest BCUT2D eigenvalue weighted by molar-refractivity contribution is 7.09. The van der Waals surface area contributed by atoms with E-state index in [4.69, 9.17) is 5.11 Å². The molecule has 2 amide bonds. The summed E-state index contributed by atoms with van der Waals surface area (Å²) in [6.45, 7) is 5.86. The average Bonchev–Trinajstić information content (AvgIpc) is 2.80. The minimum Gasteiger partial charge on any atom is -0.480 e. The Labute approximate surface area is 122 Å². The summed E-state index contributed by atoms with van der Waals surface area (Å²) in [5.74, 6) is -1.00. The van der Waals surface area contributed by atoms with E-state index in [1.54, 1.807) is 11.3 Å². The number of aromatic nitrogens is 1. The van der Waals surface area contributed by atoms with Crippen LogP contribution in [-0.2, 0) is 11.2 Å². The van der Waals surface area contributed by atoms with E-state index in [1.165, 1.54) is 4.90 Å². The minimum absolute atomic E-state index is 0.104. The van der Waals surface area contributed by atoms with Crippen LogP contribution < -0.4 is 5.32 Å². The molecule has 2 N–H and O–H groups in total. The number of nitrogens with one attached hydrogen (secondary N) is 1. The zero-order valence-corrected chi connectivity index (χ0v) is 12.9. The van der Waals surface area contributed by atoms with Gasteiger partial charge in [-0.15, -0.1) is 11.3 Å². The van der Waals surface area contributed by atoms with Crippen molar-refractivity contribution in [3.8, 4) is 0 Å². The van der Waals surface area contributed by atoms with Crippen molar-refractivity contribution in [2.45, 2.75) is 39.7 Å². The highest BCUT2D eigenvalue weighted by Crippen LogP contribution is 2.09. The second-order valence-corrected chi connectivity index (χ2v) is 5.59. The first kappa shape index (κ1) is 16.4. The van der Waals surface area contributed by atoms with Gasteiger partial charge in [0.2, 0.25) is 0 Å². The SMILES string of the molecule is CCC(C)N(CC(=O)O)C(=O)NCCc1nc(C)cs1. The van der Waals surface area contributed by atoms with E-state index in [-0.39, 0.29) is 18.6 Å². The van der Waals surface area contributed by atoms with Crippen molar-refractivity contribution in [2.24, 2.45) is 0 Å². The van der Waals surface area contributed by atoms with Crippen molar-refractivity contribution in [1.29, 1.82) is 0 Å². The first-order chi connectivity index (χ1) is 9.43. The second-order valence-electron chi connectivity index (χ2n) is 4.64. The van der Waals surface area contributed by atoms with Crippen molar-refractivity contribution in [3.05, 3.63) is 16.1 Å². The molecule has 1 aromatic rings. The van der Waals surface area contributed by atoms with Crippen LogP contribution >= 0.6 is 11.3 Å². The predicted octanol–water partition coefficient (Wildman–Crippen LogP) is 1.89. The zero-order chi connectivity index (χ0) is 15.1. The van der Waals surface area contributed by atoms with Crippen molar-refractivity contribution in [3.63, 3.8) is 0 Å². The van der Waals surface area contributed by atoms with Gasteiger partial charge in [0.15, 0.2) is 0 Å². The number of nitrogens with zero attached hydrogens (tertiary/aromatic N) is 2. The van der Waals surface area contributed by atoms with Gasteiger partial charge in [0.05, 0.1) is 5.01 Å². The molecular formula is C13H21N3O3S. The third kappa shape index (κ3) is 5.16. The average molecular weight is 299 g/mol. The molecule has 7 heteroatoms. The molecule has 1 rings (SSSR count). The summed E-state index contributed by atoms with van der Waals surface area (Å²) in [7, 11) is 0. The number of thiazole rings is 1. The van der Waals surface area contributed by atoms with Crippen LogP contribution in [0.25, 0.3) is 0 Å². The molecule has 1 heterocycles. The third-order valence-electron chi connectivity index (χ3n) is 2.97. The van der Waals surface area contributed by atoms with Crippen LogP contribution in [-0.4, -0.2) is 46.1 Å². The first-order valence-corrected chi connectivity index (χ1v) is 7.49. The Morgan fingerprint density at radius 2 is 2.25 bits per heavy atom. The van der Waals surface area contributed by atoms with Gasteiger partial charge in [0.1, 0.15) is 6.54 Å². The standard InChI is InChI=1S/C13H21N3O3S/c1-4-10(3)16(7-12(17)18)13(19)14-6-5-11-15-9(2)8-20-11/h8,10H,4-7H2,1-3H3,(H,14,19)(H,17,18). The van der Waals surface area contributed by atoms with Gasteiger partial charge in [-0.2, -0.15) is 0 Å². The molecule has 1 atom stereocenters. The number of carbonyl (C=O) groups excluding carboxylic acids is 1. The topological polar surface area (TPSA) is 82.5 Å². The second kappa shape index (κ2) is 7.84. The third-order valence-corrected chi connectivity index (χ3v) is 4.00. The Morgan fingerprint density at radius 3 is 2.75 bits per heavy atom. The zero-order valence-electron chi connectivity index (χ0n) is 12.0. The van der Waals surface area contributed by atoms with E-state index in [0.717, 1.165) is 10.7 Å². The number of aliphatic carboxylic acids is 1. The monoisotopic (exact) mass is 299 g/mol. The maximum atomic E-state index is 12.0. The van der Waals surface area contributed by atoms with Crippen molar-refractivity contribution < 1.29 is 14.7 Å². The van der Waals surface area contributed by atoms with E-state index in [1.807, 2.05) is 26.2 Å². The van der Waals surface area contributed by atoms with Crippen LogP contribution in [0.4, 0.5) is 4.79 Å². The first-order valence-electron chi connectivity index (χ1n) is 6.61. The molecule has 112 valence electrons. The fourth-order valence-electron chi connectivity index (χ4n) is 1.69. The number of carboxylic acid groups (broad SMARTS) is 1. The van der Waals surface area contributed by atoms with E-state index < -0.39 is 5.97 Å².